The van der Waals surface area contributed by atoms with Gasteiger partial charge in [0.15, 0.2) is 0 Å². The van der Waals surface area contributed by atoms with Crippen molar-refractivity contribution in [3.63, 3.8) is 0 Å². The average Bonchev–Trinajstić information content (AvgIpc) is 2.35. The summed E-state index contributed by atoms with van der Waals surface area (Å²) in [6.07, 6.45) is 3.09. The van der Waals surface area contributed by atoms with Crippen LogP contribution in [0.4, 0.5) is 5.69 Å². The van der Waals surface area contributed by atoms with E-state index in [1.807, 2.05) is 25.1 Å². The zero-order chi connectivity index (χ0) is 13.4. The minimum Gasteiger partial charge on any atom is -0.385 e. The highest BCUT2D eigenvalue weighted by Gasteiger charge is 2.08. The number of anilines is 1. The molecule has 0 heterocycles. The van der Waals surface area contributed by atoms with E-state index in [9.17, 15) is 4.79 Å². The molecule has 0 aliphatic rings. The lowest BCUT2D eigenvalue weighted by Gasteiger charge is -2.10. The van der Waals surface area contributed by atoms with Crippen molar-refractivity contribution >= 4 is 23.4 Å². The van der Waals surface area contributed by atoms with E-state index in [4.69, 9.17) is 0 Å². The van der Waals surface area contributed by atoms with Crippen molar-refractivity contribution in [1.29, 1.82) is 0 Å². The quantitative estimate of drug-likeness (QED) is 0.746. The van der Waals surface area contributed by atoms with Gasteiger partial charge in [-0.1, -0.05) is 0 Å². The van der Waals surface area contributed by atoms with Gasteiger partial charge in [-0.2, -0.15) is 11.8 Å². The third-order valence-corrected chi connectivity index (χ3v) is 3.36. The largest absolute Gasteiger partial charge is 0.385 e. The van der Waals surface area contributed by atoms with Crippen LogP contribution < -0.4 is 10.6 Å². The Kier molecular flexibility index (Phi) is 6.65. The molecular weight excluding hydrogens is 244 g/mol. The van der Waals surface area contributed by atoms with Gasteiger partial charge in [-0.05, 0) is 56.0 Å². The van der Waals surface area contributed by atoms with Crippen LogP contribution in [0.15, 0.2) is 18.2 Å². The Morgan fingerprint density at radius 2 is 2.17 bits per heavy atom. The molecule has 4 heteroatoms. The topological polar surface area (TPSA) is 41.1 Å². The lowest BCUT2D eigenvalue weighted by molar-refractivity contribution is 0.0953. The monoisotopic (exact) mass is 266 g/mol. The molecule has 0 spiro atoms. The van der Waals surface area contributed by atoms with E-state index in [2.05, 4.69) is 23.8 Å². The van der Waals surface area contributed by atoms with E-state index in [0.717, 1.165) is 42.1 Å². The van der Waals surface area contributed by atoms with E-state index in [1.165, 1.54) is 0 Å². The highest BCUT2D eigenvalue weighted by Crippen LogP contribution is 2.15. The van der Waals surface area contributed by atoms with Gasteiger partial charge in [-0.15, -0.1) is 0 Å². The Morgan fingerprint density at radius 1 is 1.39 bits per heavy atom. The number of thioether (sulfide) groups is 1. The first-order chi connectivity index (χ1) is 8.69. The molecule has 1 aromatic rings. The predicted molar refractivity (Wildman–Crippen MR) is 80.7 cm³/mol. The molecule has 0 fully saturated rings. The maximum Gasteiger partial charge on any atom is 0.251 e. The molecule has 0 bridgehead atoms. The Hall–Kier alpha value is -1.16. The summed E-state index contributed by atoms with van der Waals surface area (Å²) in [4.78, 5) is 12.0. The van der Waals surface area contributed by atoms with E-state index >= 15 is 0 Å². The number of rotatable bonds is 7. The van der Waals surface area contributed by atoms with Crippen LogP contribution in [0.5, 0.6) is 0 Å². The van der Waals surface area contributed by atoms with Gasteiger partial charge in [0.2, 0.25) is 0 Å². The second-order valence-electron chi connectivity index (χ2n) is 4.16. The molecule has 0 radical (unpaired) electrons. The first kappa shape index (κ1) is 14.9. The Bertz CT molecular complexity index is 393. The highest BCUT2D eigenvalue weighted by atomic mass is 32.2. The number of nitrogens with one attached hydrogen (secondary N) is 2. The summed E-state index contributed by atoms with van der Waals surface area (Å²) in [7, 11) is 0. The molecule has 0 saturated carbocycles. The van der Waals surface area contributed by atoms with Crippen molar-refractivity contribution in [2.45, 2.75) is 20.3 Å². The van der Waals surface area contributed by atoms with Crippen LogP contribution in [0.1, 0.15) is 29.3 Å². The molecule has 18 heavy (non-hydrogen) atoms. The van der Waals surface area contributed by atoms with E-state index < -0.39 is 0 Å². The summed E-state index contributed by atoms with van der Waals surface area (Å²) in [6, 6.07) is 5.85. The van der Waals surface area contributed by atoms with Gasteiger partial charge in [-0.25, -0.2) is 0 Å². The van der Waals surface area contributed by atoms with Crippen molar-refractivity contribution in [3.8, 4) is 0 Å². The maximum absolute atomic E-state index is 12.0. The molecule has 1 rings (SSSR count). The fraction of sp³-hybridized carbons (Fsp3) is 0.500. The Morgan fingerprint density at radius 3 is 2.78 bits per heavy atom. The molecular formula is C14H22N2OS. The smallest absolute Gasteiger partial charge is 0.251 e. The number of carbonyl (C=O) groups is 1. The molecule has 1 amide bonds. The number of amides is 1. The van der Waals surface area contributed by atoms with Crippen LogP contribution in [-0.4, -0.2) is 31.0 Å². The summed E-state index contributed by atoms with van der Waals surface area (Å²) < 4.78 is 0. The third-order valence-electron chi connectivity index (χ3n) is 2.66. The SMILES string of the molecule is CCNc1ccc(C(=O)NCCCSC)c(C)c1. The van der Waals surface area contributed by atoms with Gasteiger partial charge in [-0.3, -0.25) is 4.79 Å². The number of hydrogen-bond acceptors (Lipinski definition) is 3. The average molecular weight is 266 g/mol. The minimum absolute atomic E-state index is 0.0247. The summed E-state index contributed by atoms with van der Waals surface area (Å²) in [6.45, 7) is 5.66. The van der Waals surface area contributed by atoms with Crippen molar-refractivity contribution in [1.82, 2.24) is 5.32 Å². The van der Waals surface area contributed by atoms with Crippen LogP contribution >= 0.6 is 11.8 Å². The molecule has 3 nitrogen and oxygen atoms in total. The van der Waals surface area contributed by atoms with Crippen molar-refractivity contribution in [2.24, 2.45) is 0 Å². The zero-order valence-corrected chi connectivity index (χ0v) is 12.2. The maximum atomic E-state index is 12.0. The van der Waals surface area contributed by atoms with Crippen LogP contribution in [-0.2, 0) is 0 Å². The van der Waals surface area contributed by atoms with Gasteiger partial charge in [0.25, 0.3) is 5.91 Å². The first-order valence-electron chi connectivity index (χ1n) is 6.30. The Balaban J connectivity index is 2.57. The van der Waals surface area contributed by atoms with Gasteiger partial charge < -0.3 is 10.6 Å². The van der Waals surface area contributed by atoms with Gasteiger partial charge in [0, 0.05) is 24.3 Å². The fourth-order valence-electron chi connectivity index (χ4n) is 1.75. The highest BCUT2D eigenvalue weighted by molar-refractivity contribution is 7.98. The van der Waals surface area contributed by atoms with Gasteiger partial charge in [0.05, 0.1) is 0 Å². The van der Waals surface area contributed by atoms with Gasteiger partial charge in [0.1, 0.15) is 0 Å². The fourth-order valence-corrected chi connectivity index (χ4v) is 2.18. The second-order valence-corrected chi connectivity index (χ2v) is 5.15. The van der Waals surface area contributed by atoms with E-state index in [1.54, 1.807) is 11.8 Å². The van der Waals surface area contributed by atoms with Crippen molar-refractivity contribution in [2.75, 3.05) is 30.4 Å². The second kappa shape index (κ2) is 8.03. The normalized spacial score (nSPS) is 10.2. The van der Waals surface area contributed by atoms with Gasteiger partial charge >= 0.3 is 0 Å². The molecule has 0 aliphatic heterocycles. The molecule has 0 aromatic heterocycles. The van der Waals surface area contributed by atoms with Crippen LogP contribution in [0.25, 0.3) is 0 Å². The third kappa shape index (κ3) is 4.61. The molecule has 100 valence electrons. The predicted octanol–water partition coefficient (Wildman–Crippen LogP) is 2.91. The molecule has 0 atom stereocenters. The minimum atomic E-state index is 0.0247. The summed E-state index contributed by atoms with van der Waals surface area (Å²) in [5.41, 5.74) is 2.84. The first-order valence-corrected chi connectivity index (χ1v) is 7.70. The van der Waals surface area contributed by atoms with E-state index in [-0.39, 0.29) is 5.91 Å². The van der Waals surface area contributed by atoms with Crippen LogP contribution in [0.2, 0.25) is 0 Å². The van der Waals surface area contributed by atoms with E-state index in [0.29, 0.717) is 0 Å². The number of hydrogen-bond donors (Lipinski definition) is 2. The van der Waals surface area contributed by atoms with Crippen molar-refractivity contribution in [3.05, 3.63) is 29.3 Å². The summed E-state index contributed by atoms with van der Waals surface area (Å²) in [5.74, 6) is 1.11. The standard InChI is InChI=1S/C14H22N2OS/c1-4-15-12-6-7-13(11(2)10-12)14(17)16-8-5-9-18-3/h6-7,10,15H,4-5,8-9H2,1-3H3,(H,16,17). The van der Waals surface area contributed by atoms with Crippen LogP contribution in [0, 0.1) is 6.92 Å². The Labute approximate surface area is 114 Å². The molecule has 0 saturated heterocycles. The molecule has 0 aliphatic carbocycles. The molecule has 2 N–H and O–H groups in total. The number of benzene rings is 1. The summed E-state index contributed by atoms with van der Waals surface area (Å²) >= 11 is 1.80. The van der Waals surface area contributed by atoms with Crippen LogP contribution in [0.3, 0.4) is 0 Å². The molecule has 1 aromatic carbocycles. The number of aryl methyl sites for hydroxylation is 1. The number of carbonyl (C=O) groups excluding carboxylic acids is 1. The summed E-state index contributed by atoms with van der Waals surface area (Å²) in [5, 5.41) is 6.19. The lowest BCUT2D eigenvalue weighted by Crippen LogP contribution is -2.25. The van der Waals surface area contributed by atoms with Crippen molar-refractivity contribution < 1.29 is 4.79 Å². The zero-order valence-electron chi connectivity index (χ0n) is 11.4. The molecule has 0 unspecified atom stereocenters. The lowest BCUT2D eigenvalue weighted by atomic mass is 10.1.